The summed E-state index contributed by atoms with van der Waals surface area (Å²) in [4.78, 5) is 44.1. The SMILES string of the molecule is C=C[Si]1(C)C2=CC(=[N+]3CCS(=O)(=O)CC3)C=CC2=C(c2c(F)cc(C(=O)ON3C(=O)CCC3=O)cc2F)c2ccc(N3CCCCC3)cc21. The summed E-state index contributed by atoms with van der Waals surface area (Å²) in [5.74, 6) is -4.56. The van der Waals surface area contributed by atoms with E-state index in [0.717, 1.165) is 59.8 Å². The fourth-order valence-electron chi connectivity index (χ4n) is 7.38. The zero-order valence-corrected chi connectivity index (χ0v) is 29.0. The third kappa shape index (κ3) is 5.82. The van der Waals surface area contributed by atoms with Crippen molar-refractivity contribution in [3.05, 3.63) is 99.9 Å². The Bertz CT molecular complexity index is 2030. The van der Waals surface area contributed by atoms with E-state index in [2.05, 4.69) is 24.1 Å². The van der Waals surface area contributed by atoms with Gasteiger partial charge in [-0.05, 0) is 71.1 Å². The molecule has 254 valence electrons. The quantitative estimate of drug-likeness (QED) is 0.264. The first-order valence-electron chi connectivity index (χ1n) is 16.5. The number of halogens is 2. The molecule has 5 aliphatic rings. The third-order valence-corrected chi connectivity index (χ3v) is 15.7. The number of hydroxylamine groups is 2. The van der Waals surface area contributed by atoms with Gasteiger partial charge in [0.05, 0.1) is 11.1 Å². The van der Waals surface area contributed by atoms with E-state index in [1.54, 1.807) is 0 Å². The standard InChI is InChI=1S/C36H36F2N3O6SSi/c1-3-49(2)30-21-24(39-13-5-4-6-14-39)7-9-26(30)34(27-10-8-25(22-31(27)49)40-15-17-48(45,46)18-16-40)35-28(37)19-23(20-29(35)38)36(44)47-41-32(42)11-12-33(41)43/h3,7-10,19-22H,1,4-6,11-18H2,2H3/q+1. The van der Waals surface area contributed by atoms with Gasteiger partial charge in [-0.2, -0.15) is 0 Å². The van der Waals surface area contributed by atoms with E-state index in [0.29, 0.717) is 34.9 Å². The summed E-state index contributed by atoms with van der Waals surface area (Å²) in [6, 6.07) is 7.76. The highest BCUT2D eigenvalue weighted by atomic mass is 32.2. The van der Waals surface area contributed by atoms with Crippen LogP contribution in [-0.2, 0) is 24.3 Å². The van der Waals surface area contributed by atoms with Gasteiger partial charge in [-0.3, -0.25) is 9.59 Å². The second kappa shape index (κ2) is 12.4. The van der Waals surface area contributed by atoms with Gasteiger partial charge in [-0.1, -0.05) is 18.3 Å². The average molecular weight is 705 g/mol. The van der Waals surface area contributed by atoms with E-state index in [9.17, 15) is 22.8 Å². The summed E-state index contributed by atoms with van der Waals surface area (Å²) < 4.78 is 59.0. The number of allylic oxidation sites excluding steroid dienone is 5. The van der Waals surface area contributed by atoms with Crippen LogP contribution in [0.25, 0.3) is 5.57 Å². The Balaban J connectivity index is 1.39. The zero-order chi connectivity index (χ0) is 34.7. The van der Waals surface area contributed by atoms with Gasteiger partial charge in [0, 0.05) is 49.3 Å². The molecule has 4 heterocycles. The number of amides is 2. The number of piperidine rings is 1. The summed E-state index contributed by atoms with van der Waals surface area (Å²) in [6.45, 7) is 8.94. The molecule has 0 bridgehead atoms. The van der Waals surface area contributed by atoms with Crippen LogP contribution in [0.5, 0.6) is 0 Å². The Morgan fingerprint density at radius 2 is 1.63 bits per heavy atom. The van der Waals surface area contributed by atoms with Gasteiger partial charge in [0.1, 0.15) is 31.2 Å². The van der Waals surface area contributed by atoms with E-state index in [1.165, 1.54) is 6.42 Å². The van der Waals surface area contributed by atoms with Crippen molar-refractivity contribution in [3.63, 3.8) is 0 Å². The summed E-state index contributed by atoms with van der Waals surface area (Å²) >= 11 is 0. The molecule has 1 unspecified atom stereocenters. The van der Waals surface area contributed by atoms with Crippen molar-refractivity contribution in [1.82, 2.24) is 5.06 Å². The fourth-order valence-corrected chi connectivity index (χ4v) is 11.7. The molecule has 0 N–H and O–H groups in total. The van der Waals surface area contributed by atoms with Crippen LogP contribution in [0.1, 0.15) is 53.6 Å². The van der Waals surface area contributed by atoms with Crippen LogP contribution in [0.4, 0.5) is 14.5 Å². The number of sulfone groups is 1. The summed E-state index contributed by atoms with van der Waals surface area (Å²) in [5, 5.41) is 2.17. The molecule has 4 aliphatic heterocycles. The van der Waals surface area contributed by atoms with Crippen molar-refractivity contribution in [3.8, 4) is 0 Å². The van der Waals surface area contributed by atoms with Crippen LogP contribution in [-0.4, -0.2) is 87.3 Å². The molecule has 0 radical (unpaired) electrons. The molecule has 2 aromatic carbocycles. The highest BCUT2D eigenvalue weighted by molar-refractivity contribution is 7.91. The second-order valence-corrected chi connectivity index (χ2v) is 19.4. The minimum atomic E-state index is -3.11. The van der Waals surface area contributed by atoms with Gasteiger partial charge in [-0.15, -0.1) is 11.6 Å². The van der Waals surface area contributed by atoms with Gasteiger partial charge in [0.25, 0.3) is 11.8 Å². The van der Waals surface area contributed by atoms with E-state index in [4.69, 9.17) is 4.84 Å². The van der Waals surface area contributed by atoms with E-state index in [-0.39, 0.29) is 29.9 Å². The van der Waals surface area contributed by atoms with Crippen LogP contribution in [0, 0.1) is 11.6 Å². The fraction of sp³-hybridized carbons (Fsp3) is 0.333. The number of nitrogens with zero attached hydrogens (tertiary/aromatic N) is 3. The lowest BCUT2D eigenvalue weighted by Gasteiger charge is -2.39. The number of hydrogen-bond donors (Lipinski definition) is 0. The number of anilines is 1. The molecule has 3 saturated heterocycles. The number of carbonyl (C=O) groups excluding carboxylic acids is 3. The molecule has 3 fully saturated rings. The Kier molecular flexibility index (Phi) is 8.38. The molecule has 49 heavy (non-hydrogen) atoms. The Morgan fingerprint density at radius 1 is 0.980 bits per heavy atom. The molecular formula is C36H36F2N3O6SSi+. The number of carbonyl (C=O) groups is 3. The van der Waals surface area contributed by atoms with Crippen LogP contribution in [0.3, 0.4) is 0 Å². The van der Waals surface area contributed by atoms with E-state index < -0.39 is 52.9 Å². The average Bonchev–Trinajstić information content (AvgIpc) is 3.41. The first-order chi connectivity index (χ1) is 23.4. The van der Waals surface area contributed by atoms with Gasteiger partial charge in [-0.25, -0.2) is 26.6 Å². The number of hydrogen-bond acceptors (Lipinski definition) is 7. The van der Waals surface area contributed by atoms with Gasteiger partial charge >= 0.3 is 5.97 Å². The molecule has 0 saturated carbocycles. The topological polar surface area (TPSA) is 104 Å². The maximum Gasteiger partial charge on any atom is 0.364 e. The van der Waals surface area contributed by atoms with Crippen molar-refractivity contribution in [2.24, 2.45) is 0 Å². The van der Waals surface area contributed by atoms with Crippen molar-refractivity contribution in [2.75, 3.05) is 42.6 Å². The largest absolute Gasteiger partial charge is 0.372 e. The first kappa shape index (κ1) is 33.0. The molecule has 7 rings (SSSR count). The Labute approximate surface area is 284 Å². The van der Waals surface area contributed by atoms with Crippen LogP contribution < -0.4 is 10.1 Å². The minimum absolute atomic E-state index is 0.0466. The maximum absolute atomic E-state index is 16.3. The molecular weight excluding hydrogens is 669 g/mol. The lowest BCUT2D eigenvalue weighted by Crippen LogP contribution is -2.51. The van der Waals surface area contributed by atoms with Crippen molar-refractivity contribution in [1.29, 1.82) is 0 Å². The summed E-state index contributed by atoms with van der Waals surface area (Å²) in [7, 11) is -5.87. The second-order valence-electron chi connectivity index (χ2n) is 13.2. The molecule has 2 aromatic rings. The highest BCUT2D eigenvalue weighted by Gasteiger charge is 2.44. The number of benzene rings is 2. The van der Waals surface area contributed by atoms with Gasteiger partial charge in [0.2, 0.25) is 0 Å². The minimum Gasteiger partial charge on any atom is -0.372 e. The monoisotopic (exact) mass is 704 g/mol. The lowest BCUT2D eigenvalue weighted by atomic mass is 9.88. The third-order valence-electron chi connectivity index (χ3n) is 10.2. The van der Waals surface area contributed by atoms with Crippen molar-refractivity contribution < 1.29 is 41.0 Å². The molecule has 1 atom stereocenters. The molecule has 2 amide bonds. The first-order valence-corrected chi connectivity index (χ1v) is 20.9. The smallest absolute Gasteiger partial charge is 0.364 e. The van der Waals surface area contributed by atoms with Crippen LogP contribution in [0.2, 0.25) is 6.55 Å². The highest BCUT2D eigenvalue weighted by Crippen LogP contribution is 2.44. The summed E-state index contributed by atoms with van der Waals surface area (Å²) in [6.07, 6.45) is 8.80. The summed E-state index contributed by atoms with van der Waals surface area (Å²) in [5.41, 5.74) is 4.65. The molecule has 0 spiro atoms. The van der Waals surface area contributed by atoms with Crippen molar-refractivity contribution in [2.45, 2.75) is 38.7 Å². The van der Waals surface area contributed by atoms with E-state index >= 15 is 8.78 Å². The number of rotatable bonds is 5. The molecule has 1 aliphatic carbocycles. The Morgan fingerprint density at radius 3 is 2.27 bits per heavy atom. The normalized spacial score (nSPS) is 23.4. The maximum atomic E-state index is 16.3. The van der Waals surface area contributed by atoms with E-state index in [1.807, 2.05) is 40.6 Å². The molecule has 13 heteroatoms. The molecule has 0 aromatic heterocycles. The predicted molar refractivity (Wildman–Crippen MR) is 184 cm³/mol. The van der Waals surface area contributed by atoms with Gasteiger partial charge in [0.15, 0.2) is 28.6 Å². The number of fused-ring (bicyclic) bond motifs is 2. The van der Waals surface area contributed by atoms with Crippen LogP contribution in [0.15, 0.2) is 71.6 Å². The van der Waals surface area contributed by atoms with Crippen molar-refractivity contribution >= 4 is 57.9 Å². The number of imide groups is 1. The van der Waals surface area contributed by atoms with Gasteiger partial charge < -0.3 is 9.74 Å². The predicted octanol–water partition coefficient (Wildman–Crippen LogP) is 3.92. The van der Waals surface area contributed by atoms with Crippen LogP contribution >= 0.6 is 0 Å². The molecule has 9 nitrogen and oxygen atoms in total. The lowest BCUT2D eigenvalue weighted by molar-refractivity contribution is -0.519. The zero-order valence-electron chi connectivity index (χ0n) is 27.1. The Hall–Kier alpha value is -4.49.